The van der Waals surface area contributed by atoms with Gasteiger partial charge >= 0.3 is 0 Å². The van der Waals surface area contributed by atoms with Crippen LogP contribution in [-0.4, -0.2) is 46.5 Å². The third-order valence-electron chi connectivity index (χ3n) is 7.17. The van der Waals surface area contributed by atoms with Gasteiger partial charge in [0.2, 0.25) is 0 Å². The number of fused-ring (bicyclic) bond motifs is 2. The number of hydrogen-bond donors (Lipinski definition) is 4. The van der Waals surface area contributed by atoms with E-state index < -0.39 is 6.23 Å². The quantitative estimate of drug-likeness (QED) is 0.239. The van der Waals surface area contributed by atoms with Crippen molar-refractivity contribution >= 4 is 27.6 Å². The van der Waals surface area contributed by atoms with Crippen LogP contribution in [0.15, 0.2) is 73.6 Å². The summed E-state index contributed by atoms with van der Waals surface area (Å²) in [5.74, 6) is 0.302. The number of rotatable bonds is 6. The molecule has 1 fully saturated rings. The Hall–Kier alpha value is -4.63. The number of aromatic nitrogens is 7. The smallest absolute Gasteiger partial charge is 0.138 e. The van der Waals surface area contributed by atoms with E-state index in [9.17, 15) is 5.11 Å². The maximum atomic E-state index is 10.4. The Bertz CT molecular complexity index is 1720. The summed E-state index contributed by atoms with van der Waals surface area (Å²) in [6, 6.07) is 12.1. The molecule has 0 radical (unpaired) electrons. The highest BCUT2D eigenvalue weighted by atomic mass is 16.3. The third-order valence-corrected chi connectivity index (χ3v) is 7.17. The highest BCUT2D eigenvalue weighted by Crippen LogP contribution is 2.34. The second-order valence-electron chi connectivity index (χ2n) is 9.47. The molecular weight excluding hydrogens is 464 g/mol. The lowest BCUT2D eigenvalue weighted by Gasteiger charge is -2.31. The van der Waals surface area contributed by atoms with Crippen LogP contribution in [0.4, 0.5) is 5.69 Å². The molecule has 6 aromatic heterocycles. The molecule has 9 nitrogen and oxygen atoms in total. The Labute approximate surface area is 212 Å². The van der Waals surface area contributed by atoms with Gasteiger partial charge in [0.25, 0.3) is 0 Å². The minimum Gasteiger partial charge on any atom is -0.374 e. The lowest BCUT2D eigenvalue weighted by molar-refractivity contribution is 0.0851. The summed E-state index contributed by atoms with van der Waals surface area (Å²) < 4.78 is 0. The van der Waals surface area contributed by atoms with Crippen molar-refractivity contribution in [2.45, 2.75) is 25.5 Å². The molecular formula is C28H24N8O. The van der Waals surface area contributed by atoms with Crippen LogP contribution in [-0.2, 0) is 0 Å². The normalized spacial score (nSPS) is 14.6. The maximum absolute atomic E-state index is 10.4. The monoisotopic (exact) mass is 488 g/mol. The first-order chi connectivity index (χ1) is 18.2. The van der Waals surface area contributed by atoms with Crippen molar-refractivity contribution in [1.29, 1.82) is 0 Å². The minimum atomic E-state index is -0.561. The van der Waals surface area contributed by atoms with Gasteiger partial charge < -0.3 is 15.4 Å². The summed E-state index contributed by atoms with van der Waals surface area (Å²) in [5.41, 5.74) is 7.85. The van der Waals surface area contributed by atoms with Crippen LogP contribution in [0.1, 0.15) is 19.3 Å². The van der Waals surface area contributed by atoms with Crippen LogP contribution in [0, 0.1) is 5.92 Å². The van der Waals surface area contributed by atoms with E-state index in [1.165, 1.54) is 6.42 Å². The highest BCUT2D eigenvalue weighted by Gasteiger charge is 2.25. The van der Waals surface area contributed by atoms with Gasteiger partial charge in [-0.05, 0) is 60.4 Å². The molecule has 0 bridgehead atoms. The highest BCUT2D eigenvalue weighted by molar-refractivity contribution is 6.00. The number of hydrogen-bond acceptors (Lipinski definition) is 7. The zero-order valence-corrected chi connectivity index (χ0v) is 19.9. The van der Waals surface area contributed by atoms with E-state index in [1.807, 2.05) is 30.3 Å². The molecule has 1 aliphatic rings. The number of nitrogens with zero attached hydrogens (tertiary/aromatic N) is 5. The van der Waals surface area contributed by atoms with Gasteiger partial charge in [-0.3, -0.25) is 20.1 Å². The lowest BCUT2D eigenvalue weighted by Crippen LogP contribution is -2.33. The molecule has 4 N–H and O–H groups in total. The molecule has 1 aliphatic carbocycles. The molecule has 9 heteroatoms. The van der Waals surface area contributed by atoms with Gasteiger partial charge in [0, 0.05) is 47.0 Å². The standard InChI is InChI=1S/C28H24N8O/c37-28(17-2-1-3-17)33-19-10-18(13-30-14-19)23-12-22-25(15-32-23)35-36-26(22)24-11-21-20(6-9-31-27(21)34-24)16-4-7-29-8-5-16/h4-15,17,28,33,37H,1-3H2,(H,31,34)(H,35,36). The summed E-state index contributed by atoms with van der Waals surface area (Å²) in [7, 11) is 0. The first kappa shape index (κ1) is 21.6. The number of pyridine rings is 4. The van der Waals surface area contributed by atoms with Crippen molar-refractivity contribution in [3.8, 4) is 33.8 Å². The van der Waals surface area contributed by atoms with Crippen LogP contribution in [0.5, 0.6) is 0 Å². The molecule has 0 amide bonds. The fourth-order valence-electron chi connectivity index (χ4n) is 4.92. The first-order valence-corrected chi connectivity index (χ1v) is 12.4. The Morgan fingerprint density at radius 3 is 2.62 bits per heavy atom. The zero-order valence-electron chi connectivity index (χ0n) is 19.9. The van der Waals surface area contributed by atoms with E-state index in [0.29, 0.717) is 5.92 Å². The van der Waals surface area contributed by atoms with Crippen LogP contribution >= 0.6 is 0 Å². The second kappa shape index (κ2) is 8.79. The van der Waals surface area contributed by atoms with Crippen molar-refractivity contribution < 1.29 is 5.11 Å². The molecule has 1 saturated carbocycles. The number of anilines is 1. The largest absolute Gasteiger partial charge is 0.374 e. The molecule has 0 aliphatic heterocycles. The van der Waals surface area contributed by atoms with Crippen molar-refractivity contribution in [1.82, 2.24) is 35.1 Å². The van der Waals surface area contributed by atoms with Crippen LogP contribution in [0.25, 0.3) is 55.7 Å². The summed E-state index contributed by atoms with van der Waals surface area (Å²) in [6.07, 6.45) is 13.4. The summed E-state index contributed by atoms with van der Waals surface area (Å²) >= 11 is 0. The van der Waals surface area contributed by atoms with Crippen molar-refractivity contribution in [3.63, 3.8) is 0 Å². The number of nitrogens with one attached hydrogen (secondary N) is 3. The molecule has 6 heterocycles. The van der Waals surface area contributed by atoms with E-state index in [0.717, 1.165) is 74.2 Å². The minimum absolute atomic E-state index is 0.302. The SMILES string of the molecule is OC(Nc1cncc(-c2cc3c(-c4cc5c(-c6ccncc6)ccnc5[nH]4)n[nH]c3cn2)c1)C1CCC1. The Kier molecular flexibility index (Phi) is 5.14. The van der Waals surface area contributed by atoms with Gasteiger partial charge in [0.05, 0.1) is 35.0 Å². The number of aliphatic hydroxyl groups excluding tert-OH is 1. The molecule has 182 valence electrons. The second-order valence-corrected chi connectivity index (χ2v) is 9.47. The van der Waals surface area contributed by atoms with Gasteiger partial charge in [0.15, 0.2) is 0 Å². The predicted octanol–water partition coefficient (Wildman–Crippen LogP) is 5.16. The van der Waals surface area contributed by atoms with Gasteiger partial charge in [-0.25, -0.2) is 4.98 Å². The van der Waals surface area contributed by atoms with E-state index >= 15 is 0 Å². The van der Waals surface area contributed by atoms with E-state index in [1.54, 1.807) is 37.2 Å². The number of aromatic amines is 2. The average molecular weight is 489 g/mol. The number of aliphatic hydroxyl groups is 1. The van der Waals surface area contributed by atoms with E-state index in [4.69, 9.17) is 0 Å². The molecule has 37 heavy (non-hydrogen) atoms. The first-order valence-electron chi connectivity index (χ1n) is 12.4. The van der Waals surface area contributed by atoms with Crippen LogP contribution in [0.2, 0.25) is 0 Å². The fraction of sp³-hybridized carbons (Fsp3) is 0.179. The average Bonchev–Trinajstić information content (AvgIpc) is 3.52. The lowest BCUT2D eigenvalue weighted by atomic mass is 9.84. The molecule has 1 atom stereocenters. The van der Waals surface area contributed by atoms with Gasteiger partial charge in [0.1, 0.15) is 17.6 Å². The van der Waals surface area contributed by atoms with Gasteiger partial charge in [-0.2, -0.15) is 5.10 Å². The van der Waals surface area contributed by atoms with Crippen molar-refractivity contribution in [3.05, 3.63) is 73.6 Å². The van der Waals surface area contributed by atoms with E-state index in [-0.39, 0.29) is 0 Å². The Balaban J connectivity index is 1.26. The molecule has 1 unspecified atom stereocenters. The molecule has 7 rings (SSSR count). The zero-order chi connectivity index (χ0) is 24.8. The topological polar surface area (TPSA) is 128 Å². The fourth-order valence-corrected chi connectivity index (χ4v) is 4.92. The van der Waals surface area contributed by atoms with Gasteiger partial charge in [-0.15, -0.1) is 0 Å². The Morgan fingerprint density at radius 1 is 0.892 bits per heavy atom. The summed E-state index contributed by atoms with van der Waals surface area (Å²) in [4.78, 5) is 21.1. The predicted molar refractivity (Wildman–Crippen MR) is 142 cm³/mol. The molecule has 0 spiro atoms. The summed E-state index contributed by atoms with van der Waals surface area (Å²) in [6.45, 7) is 0. The third kappa shape index (κ3) is 3.89. The van der Waals surface area contributed by atoms with Gasteiger partial charge in [-0.1, -0.05) is 6.42 Å². The van der Waals surface area contributed by atoms with Crippen molar-refractivity contribution in [2.24, 2.45) is 5.92 Å². The van der Waals surface area contributed by atoms with Crippen LogP contribution < -0.4 is 5.32 Å². The van der Waals surface area contributed by atoms with Crippen molar-refractivity contribution in [2.75, 3.05) is 5.32 Å². The van der Waals surface area contributed by atoms with E-state index in [2.05, 4.69) is 46.5 Å². The Morgan fingerprint density at radius 2 is 1.78 bits per heavy atom. The summed E-state index contributed by atoms with van der Waals surface area (Å²) in [5, 5.41) is 23.3. The maximum Gasteiger partial charge on any atom is 0.138 e. The molecule has 6 aromatic rings. The van der Waals surface area contributed by atoms with Crippen LogP contribution in [0.3, 0.4) is 0 Å². The molecule has 0 saturated heterocycles. The molecule has 0 aromatic carbocycles. The number of H-pyrrole nitrogens is 2.